The second kappa shape index (κ2) is 5.10. The first-order chi connectivity index (χ1) is 8.58. The van der Waals surface area contributed by atoms with Crippen LogP contribution in [0.15, 0.2) is 35.0 Å². The van der Waals surface area contributed by atoms with Crippen LogP contribution in [-0.2, 0) is 0 Å². The summed E-state index contributed by atoms with van der Waals surface area (Å²) in [5.41, 5.74) is 8.86. The molecule has 5 heteroatoms. The Bertz CT molecular complexity index is 549. The summed E-state index contributed by atoms with van der Waals surface area (Å²) in [5.74, 6) is -0.0385. The van der Waals surface area contributed by atoms with Crippen molar-refractivity contribution in [2.45, 2.75) is 0 Å². The van der Waals surface area contributed by atoms with Crippen LogP contribution in [0.25, 0.3) is 0 Å². The van der Waals surface area contributed by atoms with E-state index in [-0.39, 0.29) is 5.91 Å². The summed E-state index contributed by atoms with van der Waals surface area (Å²) in [6.45, 7) is 0. The Morgan fingerprint density at radius 3 is 2.72 bits per heavy atom. The zero-order chi connectivity index (χ0) is 13.1. The Morgan fingerprint density at radius 2 is 2.11 bits per heavy atom. The number of nitrogens with zero attached hydrogens (tertiary/aromatic N) is 1. The molecule has 0 aliphatic carbocycles. The first-order valence-corrected chi connectivity index (χ1v) is 6.42. The van der Waals surface area contributed by atoms with Crippen molar-refractivity contribution in [2.24, 2.45) is 0 Å². The number of amides is 1. The van der Waals surface area contributed by atoms with E-state index in [1.165, 1.54) is 0 Å². The molecule has 0 spiro atoms. The molecule has 2 aromatic rings. The van der Waals surface area contributed by atoms with Crippen molar-refractivity contribution in [3.05, 3.63) is 40.6 Å². The summed E-state index contributed by atoms with van der Waals surface area (Å²) in [6, 6.07) is 7.21. The van der Waals surface area contributed by atoms with Crippen molar-refractivity contribution in [1.82, 2.24) is 4.90 Å². The normalized spacial score (nSPS) is 10.1. The van der Waals surface area contributed by atoms with E-state index in [0.717, 1.165) is 11.4 Å². The summed E-state index contributed by atoms with van der Waals surface area (Å²) < 4.78 is 0. The van der Waals surface area contributed by atoms with Gasteiger partial charge in [0, 0.05) is 30.7 Å². The highest BCUT2D eigenvalue weighted by Crippen LogP contribution is 2.25. The van der Waals surface area contributed by atoms with Gasteiger partial charge >= 0.3 is 0 Å². The molecular weight excluding hydrogens is 246 g/mol. The molecule has 0 radical (unpaired) electrons. The number of hydrogen-bond acceptors (Lipinski definition) is 4. The fourth-order valence-corrected chi connectivity index (χ4v) is 2.13. The highest BCUT2D eigenvalue weighted by Gasteiger charge is 2.10. The Hall–Kier alpha value is -2.01. The highest BCUT2D eigenvalue weighted by molar-refractivity contribution is 7.08. The van der Waals surface area contributed by atoms with Crippen molar-refractivity contribution in [3.8, 4) is 0 Å². The third-order valence-electron chi connectivity index (χ3n) is 2.51. The summed E-state index contributed by atoms with van der Waals surface area (Å²) in [6.07, 6.45) is 0. The molecule has 0 aliphatic heterocycles. The van der Waals surface area contributed by atoms with Gasteiger partial charge in [-0.3, -0.25) is 4.79 Å². The first kappa shape index (κ1) is 12.4. The Morgan fingerprint density at radius 1 is 1.33 bits per heavy atom. The summed E-state index contributed by atoms with van der Waals surface area (Å²) in [7, 11) is 3.45. The quantitative estimate of drug-likeness (QED) is 0.835. The second-order valence-electron chi connectivity index (χ2n) is 4.14. The average Bonchev–Trinajstić information content (AvgIpc) is 2.84. The fourth-order valence-electron chi connectivity index (χ4n) is 1.55. The number of thiophene rings is 1. The van der Waals surface area contributed by atoms with Crippen LogP contribution in [0.5, 0.6) is 0 Å². The molecular formula is C13H15N3OS. The number of nitrogens with one attached hydrogen (secondary N) is 1. The fraction of sp³-hybridized carbons (Fsp3) is 0.154. The maximum Gasteiger partial charge on any atom is 0.253 e. The topological polar surface area (TPSA) is 58.4 Å². The van der Waals surface area contributed by atoms with Gasteiger partial charge in [-0.2, -0.15) is 11.3 Å². The van der Waals surface area contributed by atoms with Crippen molar-refractivity contribution < 1.29 is 4.79 Å². The molecule has 2 rings (SSSR count). The number of nitrogen functional groups attached to an aromatic ring is 1. The van der Waals surface area contributed by atoms with Gasteiger partial charge in [0.25, 0.3) is 5.91 Å². The van der Waals surface area contributed by atoms with Crippen LogP contribution in [0.1, 0.15) is 10.4 Å². The lowest BCUT2D eigenvalue weighted by atomic mass is 10.1. The predicted molar refractivity (Wildman–Crippen MR) is 76.5 cm³/mol. The van der Waals surface area contributed by atoms with Crippen LogP contribution < -0.4 is 11.1 Å². The van der Waals surface area contributed by atoms with Crippen molar-refractivity contribution in [3.63, 3.8) is 0 Å². The van der Waals surface area contributed by atoms with E-state index >= 15 is 0 Å². The van der Waals surface area contributed by atoms with E-state index in [4.69, 9.17) is 5.73 Å². The number of anilines is 3. The summed E-state index contributed by atoms with van der Waals surface area (Å²) in [4.78, 5) is 13.4. The molecule has 1 heterocycles. The molecule has 0 bridgehead atoms. The van der Waals surface area contributed by atoms with Gasteiger partial charge in [-0.05, 0) is 29.6 Å². The third-order valence-corrected chi connectivity index (χ3v) is 3.19. The molecule has 3 N–H and O–H groups in total. The van der Waals surface area contributed by atoms with Gasteiger partial charge in [0.05, 0.1) is 11.4 Å². The van der Waals surface area contributed by atoms with Gasteiger partial charge in [-0.25, -0.2) is 0 Å². The molecule has 0 atom stereocenters. The molecule has 94 valence electrons. The van der Waals surface area contributed by atoms with Crippen molar-refractivity contribution >= 4 is 34.3 Å². The molecule has 1 aromatic heterocycles. The molecule has 18 heavy (non-hydrogen) atoms. The lowest BCUT2D eigenvalue weighted by Gasteiger charge is -2.13. The van der Waals surface area contributed by atoms with Gasteiger partial charge in [0.15, 0.2) is 0 Å². The van der Waals surface area contributed by atoms with E-state index < -0.39 is 0 Å². The molecule has 0 fully saturated rings. The number of benzene rings is 1. The smallest absolute Gasteiger partial charge is 0.253 e. The van der Waals surface area contributed by atoms with Crippen LogP contribution in [0.3, 0.4) is 0 Å². The highest BCUT2D eigenvalue weighted by atomic mass is 32.1. The molecule has 0 aliphatic rings. The monoisotopic (exact) mass is 261 g/mol. The maximum atomic E-state index is 11.9. The number of rotatable bonds is 3. The zero-order valence-electron chi connectivity index (χ0n) is 10.3. The number of carbonyl (C=O) groups excluding carboxylic acids is 1. The molecule has 0 saturated heterocycles. The molecule has 4 nitrogen and oxygen atoms in total. The Labute approximate surface area is 110 Å². The van der Waals surface area contributed by atoms with E-state index in [0.29, 0.717) is 11.3 Å². The minimum Gasteiger partial charge on any atom is -0.397 e. The van der Waals surface area contributed by atoms with Gasteiger partial charge in [-0.1, -0.05) is 0 Å². The molecule has 1 aromatic carbocycles. The maximum absolute atomic E-state index is 11.9. The van der Waals surface area contributed by atoms with E-state index in [2.05, 4.69) is 5.32 Å². The lowest BCUT2D eigenvalue weighted by molar-refractivity contribution is 0.0827. The SMILES string of the molecule is CN(C)C(=O)c1ccc(N)c(Nc2ccsc2)c1. The van der Waals surface area contributed by atoms with Crippen LogP contribution in [0, 0.1) is 0 Å². The Balaban J connectivity index is 2.30. The summed E-state index contributed by atoms with van der Waals surface area (Å²) >= 11 is 1.60. The van der Waals surface area contributed by atoms with Crippen LogP contribution in [0.2, 0.25) is 0 Å². The summed E-state index contributed by atoms with van der Waals surface area (Å²) in [5, 5.41) is 7.17. The standard InChI is InChI=1S/C13H15N3OS/c1-16(2)13(17)9-3-4-11(14)12(7-9)15-10-5-6-18-8-10/h3-8,15H,14H2,1-2H3. The van der Waals surface area contributed by atoms with Crippen LogP contribution >= 0.6 is 11.3 Å². The largest absolute Gasteiger partial charge is 0.397 e. The van der Waals surface area contributed by atoms with Gasteiger partial charge in [0.2, 0.25) is 0 Å². The number of nitrogens with two attached hydrogens (primary N) is 1. The number of hydrogen-bond donors (Lipinski definition) is 2. The molecule has 0 unspecified atom stereocenters. The first-order valence-electron chi connectivity index (χ1n) is 5.48. The Kier molecular flexibility index (Phi) is 3.53. The number of carbonyl (C=O) groups is 1. The van der Waals surface area contributed by atoms with Gasteiger partial charge in [0.1, 0.15) is 0 Å². The van der Waals surface area contributed by atoms with Gasteiger partial charge in [-0.15, -0.1) is 0 Å². The van der Waals surface area contributed by atoms with E-state index in [1.54, 1.807) is 48.5 Å². The minimum absolute atomic E-state index is 0.0385. The van der Waals surface area contributed by atoms with Gasteiger partial charge < -0.3 is 16.0 Å². The van der Waals surface area contributed by atoms with Crippen LogP contribution in [-0.4, -0.2) is 24.9 Å². The predicted octanol–water partition coefficient (Wildman–Crippen LogP) is 2.78. The zero-order valence-corrected chi connectivity index (χ0v) is 11.1. The average molecular weight is 261 g/mol. The van der Waals surface area contributed by atoms with E-state index in [1.807, 2.05) is 16.8 Å². The lowest BCUT2D eigenvalue weighted by Crippen LogP contribution is -2.21. The second-order valence-corrected chi connectivity index (χ2v) is 4.92. The molecule has 0 saturated carbocycles. The third kappa shape index (κ3) is 2.62. The van der Waals surface area contributed by atoms with E-state index in [9.17, 15) is 4.79 Å². The van der Waals surface area contributed by atoms with Crippen molar-refractivity contribution in [2.75, 3.05) is 25.1 Å². The van der Waals surface area contributed by atoms with Crippen molar-refractivity contribution in [1.29, 1.82) is 0 Å². The minimum atomic E-state index is -0.0385. The molecule has 1 amide bonds. The van der Waals surface area contributed by atoms with Crippen LogP contribution in [0.4, 0.5) is 17.1 Å².